The van der Waals surface area contributed by atoms with Gasteiger partial charge in [-0.15, -0.1) is 0 Å². The minimum atomic E-state index is 0.835. The van der Waals surface area contributed by atoms with E-state index < -0.39 is 0 Å². The number of aromatic nitrogens is 4. The molecule has 110 valence electrons. The van der Waals surface area contributed by atoms with Crippen LogP contribution in [0.25, 0.3) is 21.8 Å². The van der Waals surface area contributed by atoms with E-state index >= 15 is 0 Å². The summed E-state index contributed by atoms with van der Waals surface area (Å²) < 4.78 is 1.99. The number of H-pyrrole nitrogens is 1. The zero-order valence-corrected chi connectivity index (χ0v) is 13.0. The fourth-order valence-electron chi connectivity index (χ4n) is 3.26. The smallest absolute Gasteiger partial charge is 0.0747 e. The molecule has 0 atom stereocenters. The monoisotopic (exact) mass is 290 g/mol. The van der Waals surface area contributed by atoms with Gasteiger partial charge in [-0.1, -0.05) is 18.2 Å². The van der Waals surface area contributed by atoms with Crippen LogP contribution in [0.4, 0.5) is 0 Å². The Morgan fingerprint density at radius 3 is 2.86 bits per heavy atom. The second-order valence-electron chi connectivity index (χ2n) is 5.95. The number of nitrogens with one attached hydrogen (secondary N) is 1. The normalized spacial score (nSPS) is 11.6. The molecule has 0 bridgehead atoms. The first kappa shape index (κ1) is 13.1. The Morgan fingerprint density at radius 2 is 2.00 bits per heavy atom. The lowest BCUT2D eigenvalue weighted by Gasteiger charge is -2.05. The van der Waals surface area contributed by atoms with Crippen molar-refractivity contribution in [1.29, 1.82) is 0 Å². The molecule has 22 heavy (non-hydrogen) atoms. The van der Waals surface area contributed by atoms with Gasteiger partial charge in [0.1, 0.15) is 0 Å². The molecule has 2 aromatic carbocycles. The molecule has 4 aromatic rings. The van der Waals surface area contributed by atoms with Crippen molar-refractivity contribution in [1.82, 2.24) is 20.0 Å². The van der Waals surface area contributed by atoms with E-state index in [-0.39, 0.29) is 0 Å². The standard InChI is InChI=1S/C18H18N4/c1-11-5-4-6-15-17(21-22(3)18(11)15)9-13-8-16-14(7-12(13)2)10-19-20-16/h4-8,10H,9H2,1-3H3,(H,19,20). The van der Waals surface area contributed by atoms with Crippen molar-refractivity contribution < 1.29 is 0 Å². The van der Waals surface area contributed by atoms with Crippen LogP contribution in [-0.2, 0) is 13.5 Å². The highest BCUT2D eigenvalue weighted by Crippen LogP contribution is 2.25. The van der Waals surface area contributed by atoms with Crippen LogP contribution in [0.15, 0.2) is 36.5 Å². The Labute approximate surface area is 128 Å². The lowest BCUT2D eigenvalue weighted by atomic mass is 10.00. The third-order valence-electron chi connectivity index (χ3n) is 4.40. The summed E-state index contributed by atoms with van der Waals surface area (Å²) in [6.45, 7) is 4.29. The molecule has 0 amide bonds. The second-order valence-corrected chi connectivity index (χ2v) is 5.95. The number of fused-ring (bicyclic) bond motifs is 2. The largest absolute Gasteiger partial charge is 0.278 e. The van der Waals surface area contributed by atoms with Gasteiger partial charge in [0.15, 0.2) is 0 Å². The summed E-state index contributed by atoms with van der Waals surface area (Å²) in [6.07, 6.45) is 2.70. The lowest BCUT2D eigenvalue weighted by Crippen LogP contribution is -1.95. The molecule has 1 N–H and O–H groups in total. The fourth-order valence-corrected chi connectivity index (χ4v) is 3.26. The Hall–Kier alpha value is -2.62. The van der Waals surface area contributed by atoms with Crippen LogP contribution in [0.2, 0.25) is 0 Å². The third kappa shape index (κ3) is 1.91. The molecule has 0 unspecified atom stereocenters. The number of para-hydroxylation sites is 1. The minimum absolute atomic E-state index is 0.835. The van der Waals surface area contributed by atoms with Crippen molar-refractivity contribution in [3.05, 3.63) is 58.9 Å². The van der Waals surface area contributed by atoms with Crippen LogP contribution in [-0.4, -0.2) is 20.0 Å². The molecule has 2 aromatic heterocycles. The van der Waals surface area contributed by atoms with E-state index in [0.717, 1.165) is 23.0 Å². The third-order valence-corrected chi connectivity index (χ3v) is 4.40. The Balaban J connectivity index is 1.85. The molecular weight excluding hydrogens is 272 g/mol. The van der Waals surface area contributed by atoms with Gasteiger partial charge in [-0.2, -0.15) is 10.2 Å². The van der Waals surface area contributed by atoms with Gasteiger partial charge in [-0.25, -0.2) is 0 Å². The van der Waals surface area contributed by atoms with E-state index in [1.54, 1.807) is 0 Å². The first-order valence-corrected chi connectivity index (χ1v) is 7.47. The topological polar surface area (TPSA) is 46.5 Å². The van der Waals surface area contributed by atoms with E-state index in [9.17, 15) is 0 Å². The van der Waals surface area contributed by atoms with Crippen LogP contribution in [0, 0.1) is 13.8 Å². The van der Waals surface area contributed by atoms with E-state index in [4.69, 9.17) is 5.10 Å². The summed E-state index contributed by atoms with van der Waals surface area (Å²) >= 11 is 0. The molecule has 0 aliphatic heterocycles. The van der Waals surface area contributed by atoms with Crippen molar-refractivity contribution in [3.63, 3.8) is 0 Å². The van der Waals surface area contributed by atoms with Crippen LogP contribution < -0.4 is 0 Å². The van der Waals surface area contributed by atoms with E-state index in [2.05, 4.69) is 54.4 Å². The predicted octanol–water partition coefficient (Wildman–Crippen LogP) is 3.66. The van der Waals surface area contributed by atoms with Gasteiger partial charge in [-0.3, -0.25) is 9.78 Å². The fraction of sp³-hybridized carbons (Fsp3) is 0.222. The van der Waals surface area contributed by atoms with Gasteiger partial charge in [0.25, 0.3) is 0 Å². The maximum atomic E-state index is 4.75. The van der Waals surface area contributed by atoms with Crippen molar-refractivity contribution in [2.75, 3.05) is 0 Å². The van der Waals surface area contributed by atoms with Crippen molar-refractivity contribution >= 4 is 21.8 Å². The van der Waals surface area contributed by atoms with Gasteiger partial charge >= 0.3 is 0 Å². The number of nitrogens with zero attached hydrogens (tertiary/aromatic N) is 3. The Bertz CT molecular complexity index is 991. The molecule has 0 saturated heterocycles. The predicted molar refractivity (Wildman–Crippen MR) is 89.1 cm³/mol. The summed E-state index contributed by atoms with van der Waals surface area (Å²) in [4.78, 5) is 0. The van der Waals surface area contributed by atoms with E-state index in [1.165, 1.54) is 27.6 Å². The molecule has 0 aliphatic carbocycles. The molecule has 4 rings (SSSR count). The second kappa shape index (κ2) is 4.70. The van der Waals surface area contributed by atoms with Crippen LogP contribution in [0.3, 0.4) is 0 Å². The number of hydrogen-bond donors (Lipinski definition) is 1. The van der Waals surface area contributed by atoms with Gasteiger partial charge < -0.3 is 0 Å². The van der Waals surface area contributed by atoms with E-state index in [0.29, 0.717) is 0 Å². The van der Waals surface area contributed by atoms with E-state index in [1.807, 2.05) is 17.9 Å². The van der Waals surface area contributed by atoms with Gasteiger partial charge in [0.2, 0.25) is 0 Å². The quantitative estimate of drug-likeness (QED) is 0.612. The van der Waals surface area contributed by atoms with Crippen molar-refractivity contribution in [3.8, 4) is 0 Å². The minimum Gasteiger partial charge on any atom is -0.278 e. The van der Waals surface area contributed by atoms with Gasteiger partial charge in [-0.05, 0) is 42.7 Å². The average Bonchev–Trinajstić information content (AvgIpc) is 3.05. The Kier molecular flexibility index (Phi) is 2.79. The number of benzene rings is 2. The number of aryl methyl sites for hydroxylation is 3. The molecule has 0 radical (unpaired) electrons. The van der Waals surface area contributed by atoms with Gasteiger partial charge in [0.05, 0.1) is 22.9 Å². The highest BCUT2D eigenvalue weighted by molar-refractivity contribution is 5.85. The number of rotatable bonds is 2. The summed E-state index contributed by atoms with van der Waals surface area (Å²) in [5.74, 6) is 0. The van der Waals surface area contributed by atoms with Crippen LogP contribution in [0.5, 0.6) is 0 Å². The summed E-state index contributed by atoms with van der Waals surface area (Å²) in [5, 5.41) is 14.3. The maximum absolute atomic E-state index is 4.75. The molecule has 0 fully saturated rings. The first-order chi connectivity index (χ1) is 10.6. The molecule has 4 heteroatoms. The highest BCUT2D eigenvalue weighted by Gasteiger charge is 2.12. The van der Waals surface area contributed by atoms with Gasteiger partial charge in [0, 0.05) is 24.2 Å². The van der Waals surface area contributed by atoms with Crippen LogP contribution in [0.1, 0.15) is 22.4 Å². The van der Waals surface area contributed by atoms with Crippen molar-refractivity contribution in [2.24, 2.45) is 7.05 Å². The first-order valence-electron chi connectivity index (χ1n) is 7.47. The SMILES string of the molecule is Cc1cc2cn[nH]c2cc1Cc1nn(C)c2c(C)cccc12. The lowest BCUT2D eigenvalue weighted by molar-refractivity contribution is 0.772. The summed E-state index contributed by atoms with van der Waals surface area (Å²) in [7, 11) is 2.02. The maximum Gasteiger partial charge on any atom is 0.0747 e. The number of aromatic amines is 1. The molecule has 0 aliphatic rings. The zero-order chi connectivity index (χ0) is 15.3. The van der Waals surface area contributed by atoms with Crippen LogP contribution >= 0.6 is 0 Å². The Morgan fingerprint density at radius 1 is 1.14 bits per heavy atom. The van der Waals surface area contributed by atoms with Crippen molar-refractivity contribution in [2.45, 2.75) is 20.3 Å². The molecular formula is C18H18N4. The molecule has 0 spiro atoms. The number of hydrogen-bond acceptors (Lipinski definition) is 2. The highest BCUT2D eigenvalue weighted by atomic mass is 15.3. The zero-order valence-electron chi connectivity index (χ0n) is 13.0. The average molecular weight is 290 g/mol. The molecule has 0 saturated carbocycles. The molecule has 2 heterocycles. The molecule has 4 nitrogen and oxygen atoms in total. The summed E-state index contributed by atoms with van der Waals surface area (Å²) in [6, 6.07) is 10.8. The summed E-state index contributed by atoms with van der Waals surface area (Å²) in [5.41, 5.74) is 7.26.